The smallest absolute Gasteiger partial charge is 0.0297 e. The van der Waals surface area contributed by atoms with Gasteiger partial charge in [-0.25, -0.2) is 0 Å². The fourth-order valence-electron chi connectivity index (χ4n) is 2.30. The van der Waals surface area contributed by atoms with Crippen molar-refractivity contribution in [3.8, 4) is 23.5 Å². The second kappa shape index (κ2) is 7.31. The van der Waals surface area contributed by atoms with Gasteiger partial charge in [0.25, 0.3) is 0 Å². The van der Waals surface area contributed by atoms with E-state index in [1.54, 1.807) is 0 Å². The summed E-state index contributed by atoms with van der Waals surface area (Å²) in [4.78, 5) is 0. The Bertz CT molecular complexity index is 677. The second-order valence-corrected chi connectivity index (χ2v) is 5.06. The van der Waals surface area contributed by atoms with Gasteiger partial charge in [-0.1, -0.05) is 72.3 Å². The first-order chi connectivity index (χ1) is 10.2. The number of allylic oxidation sites excluding steroid dienone is 4. The first-order valence-corrected chi connectivity index (χ1v) is 7.17. The molecule has 2 aromatic carbocycles. The van der Waals surface area contributed by atoms with Crippen molar-refractivity contribution in [2.75, 3.05) is 0 Å². The largest absolute Gasteiger partial charge is 0.120 e. The van der Waals surface area contributed by atoms with Crippen LogP contribution in [-0.2, 0) is 0 Å². The molecular formula is C21H20. The minimum Gasteiger partial charge on any atom is -0.120 e. The van der Waals surface area contributed by atoms with Crippen molar-refractivity contribution in [2.24, 2.45) is 0 Å². The maximum Gasteiger partial charge on any atom is 0.0297 e. The van der Waals surface area contributed by atoms with Crippen molar-refractivity contribution in [1.82, 2.24) is 0 Å². The van der Waals surface area contributed by atoms with Gasteiger partial charge in [-0.15, -0.1) is 12.3 Å². The lowest BCUT2D eigenvalue weighted by Gasteiger charge is -2.06. The first-order valence-electron chi connectivity index (χ1n) is 7.17. The van der Waals surface area contributed by atoms with Gasteiger partial charge in [0.05, 0.1) is 0 Å². The monoisotopic (exact) mass is 272 g/mol. The normalized spacial score (nSPS) is 12.0. The molecule has 0 spiro atoms. The summed E-state index contributed by atoms with van der Waals surface area (Å²) < 4.78 is 0. The van der Waals surface area contributed by atoms with Crippen LogP contribution in [0.3, 0.4) is 0 Å². The third-order valence-corrected chi connectivity index (χ3v) is 3.42. The van der Waals surface area contributed by atoms with Crippen LogP contribution in [-0.4, -0.2) is 0 Å². The summed E-state index contributed by atoms with van der Waals surface area (Å²) in [5.41, 5.74) is 6.11. The molecule has 0 fully saturated rings. The lowest BCUT2D eigenvalue weighted by Crippen LogP contribution is -1.84. The molecule has 0 aromatic heterocycles. The zero-order valence-corrected chi connectivity index (χ0v) is 12.6. The van der Waals surface area contributed by atoms with Crippen molar-refractivity contribution in [2.45, 2.75) is 20.3 Å². The van der Waals surface area contributed by atoms with Gasteiger partial charge >= 0.3 is 0 Å². The fourth-order valence-corrected chi connectivity index (χ4v) is 2.30. The van der Waals surface area contributed by atoms with Crippen LogP contribution in [0.4, 0.5) is 0 Å². The van der Waals surface area contributed by atoms with Crippen molar-refractivity contribution in [3.05, 3.63) is 77.9 Å². The molecule has 104 valence electrons. The molecule has 0 N–H and O–H groups in total. The Balaban J connectivity index is 2.26. The number of rotatable bonds is 4. The molecule has 2 aromatic rings. The highest BCUT2D eigenvalue weighted by Crippen LogP contribution is 2.24. The summed E-state index contributed by atoms with van der Waals surface area (Å²) >= 11 is 0. The average molecular weight is 272 g/mol. The molecule has 0 heterocycles. The highest BCUT2D eigenvalue weighted by molar-refractivity contribution is 5.76. The van der Waals surface area contributed by atoms with Gasteiger partial charge in [0.2, 0.25) is 0 Å². The summed E-state index contributed by atoms with van der Waals surface area (Å²) in [5.74, 6) is 2.68. The molecule has 0 nitrogen and oxygen atoms in total. The van der Waals surface area contributed by atoms with Crippen molar-refractivity contribution >= 4 is 5.57 Å². The number of hydrogen-bond acceptors (Lipinski definition) is 0. The van der Waals surface area contributed by atoms with Crippen LogP contribution >= 0.6 is 0 Å². The van der Waals surface area contributed by atoms with E-state index in [2.05, 4.69) is 80.5 Å². The van der Waals surface area contributed by atoms with Gasteiger partial charge in [-0.3, -0.25) is 0 Å². The Morgan fingerprint density at radius 1 is 1.00 bits per heavy atom. The molecule has 0 aliphatic carbocycles. The SMILES string of the molecule is C#CC/C(C)=C\C(=C/C)c1ccc(-c2ccccc2)cc1. The summed E-state index contributed by atoms with van der Waals surface area (Å²) in [6, 6.07) is 19.1. The van der Waals surface area contributed by atoms with Crippen LogP contribution in [0.1, 0.15) is 25.8 Å². The van der Waals surface area contributed by atoms with Gasteiger partial charge in [0, 0.05) is 6.42 Å². The quantitative estimate of drug-likeness (QED) is 0.493. The third kappa shape index (κ3) is 3.97. The predicted octanol–water partition coefficient (Wildman–Crippen LogP) is 5.73. The van der Waals surface area contributed by atoms with Gasteiger partial charge in [0.15, 0.2) is 0 Å². The van der Waals surface area contributed by atoms with Gasteiger partial charge in [-0.2, -0.15) is 0 Å². The zero-order valence-electron chi connectivity index (χ0n) is 12.6. The average Bonchev–Trinajstić information content (AvgIpc) is 2.54. The zero-order chi connectivity index (χ0) is 15.1. The van der Waals surface area contributed by atoms with Gasteiger partial charge in [0.1, 0.15) is 0 Å². The van der Waals surface area contributed by atoms with Gasteiger partial charge < -0.3 is 0 Å². The predicted molar refractivity (Wildman–Crippen MR) is 92.7 cm³/mol. The number of hydrogen-bond donors (Lipinski definition) is 0. The molecule has 0 saturated carbocycles. The molecule has 0 bridgehead atoms. The van der Waals surface area contributed by atoms with E-state index in [1.165, 1.54) is 27.8 Å². The van der Waals surface area contributed by atoms with Crippen LogP contribution in [0.15, 0.2) is 72.3 Å². The van der Waals surface area contributed by atoms with Crippen molar-refractivity contribution in [3.63, 3.8) is 0 Å². The first kappa shape index (κ1) is 14.9. The van der Waals surface area contributed by atoms with E-state index in [0.717, 1.165) is 0 Å². The van der Waals surface area contributed by atoms with Crippen LogP contribution in [0.25, 0.3) is 16.7 Å². The molecule has 0 atom stereocenters. The highest BCUT2D eigenvalue weighted by atomic mass is 14.1. The molecule has 0 aliphatic rings. The van der Waals surface area contributed by atoms with E-state index in [4.69, 9.17) is 6.42 Å². The van der Waals surface area contributed by atoms with E-state index in [-0.39, 0.29) is 0 Å². The van der Waals surface area contributed by atoms with Crippen LogP contribution in [0.5, 0.6) is 0 Å². The van der Waals surface area contributed by atoms with E-state index in [1.807, 2.05) is 6.07 Å². The standard InChI is InChI=1S/C21H20/c1-4-9-17(3)16-18(5-2)20-12-14-21(15-13-20)19-10-7-6-8-11-19/h1,5-8,10-16H,9H2,2-3H3/b17-16-,18-5+. The maximum atomic E-state index is 5.36. The van der Waals surface area contributed by atoms with E-state index in [9.17, 15) is 0 Å². The minimum absolute atomic E-state index is 0.694. The van der Waals surface area contributed by atoms with Crippen LogP contribution in [0.2, 0.25) is 0 Å². The molecule has 2 rings (SSSR count). The van der Waals surface area contributed by atoms with Crippen LogP contribution < -0.4 is 0 Å². The van der Waals surface area contributed by atoms with E-state index in [0.29, 0.717) is 6.42 Å². The Kier molecular flexibility index (Phi) is 5.18. The maximum absolute atomic E-state index is 5.36. The van der Waals surface area contributed by atoms with E-state index < -0.39 is 0 Å². The lowest BCUT2D eigenvalue weighted by atomic mass is 9.98. The summed E-state index contributed by atoms with van der Waals surface area (Å²) in [5, 5.41) is 0. The van der Waals surface area contributed by atoms with Crippen LogP contribution in [0, 0.1) is 12.3 Å². The highest BCUT2D eigenvalue weighted by Gasteiger charge is 2.01. The molecule has 0 aliphatic heterocycles. The van der Waals surface area contributed by atoms with Gasteiger partial charge in [-0.05, 0) is 36.1 Å². The summed E-state index contributed by atoms with van der Waals surface area (Å²) in [7, 11) is 0. The van der Waals surface area contributed by atoms with Crippen molar-refractivity contribution < 1.29 is 0 Å². The Hall–Kier alpha value is -2.52. The molecule has 0 saturated heterocycles. The van der Waals surface area contributed by atoms with Crippen molar-refractivity contribution in [1.29, 1.82) is 0 Å². The Morgan fingerprint density at radius 2 is 1.62 bits per heavy atom. The minimum atomic E-state index is 0.694. The molecule has 0 amide bonds. The second-order valence-electron chi connectivity index (χ2n) is 5.06. The topological polar surface area (TPSA) is 0 Å². The summed E-state index contributed by atoms with van der Waals surface area (Å²) in [6.45, 7) is 4.13. The fraction of sp³-hybridized carbons (Fsp3) is 0.143. The molecule has 0 heteroatoms. The molecule has 21 heavy (non-hydrogen) atoms. The molecular weight excluding hydrogens is 252 g/mol. The molecule has 0 unspecified atom stereocenters. The number of benzene rings is 2. The summed E-state index contributed by atoms with van der Waals surface area (Å²) in [6.07, 6.45) is 10.3. The Labute approximate surface area is 127 Å². The number of terminal acetylenes is 1. The third-order valence-electron chi connectivity index (χ3n) is 3.42. The Morgan fingerprint density at radius 3 is 2.19 bits per heavy atom. The molecule has 0 radical (unpaired) electrons. The lowest BCUT2D eigenvalue weighted by molar-refractivity contribution is 1.25. The van der Waals surface area contributed by atoms with E-state index >= 15 is 0 Å².